The zero-order valence-electron chi connectivity index (χ0n) is 10.4. The molecule has 0 saturated heterocycles. The van der Waals surface area contributed by atoms with Gasteiger partial charge in [-0.25, -0.2) is 4.79 Å². The van der Waals surface area contributed by atoms with Crippen molar-refractivity contribution in [3.05, 3.63) is 46.8 Å². The third-order valence-corrected chi connectivity index (χ3v) is 2.72. The van der Waals surface area contributed by atoms with Crippen LogP contribution in [0, 0.1) is 0 Å². The van der Waals surface area contributed by atoms with Crippen LogP contribution in [-0.4, -0.2) is 32.3 Å². The lowest BCUT2D eigenvalue weighted by Crippen LogP contribution is -2.11. The van der Waals surface area contributed by atoms with Gasteiger partial charge < -0.3 is 5.11 Å². The Kier molecular flexibility index (Phi) is 3.70. The SMILES string of the molecule is CCCc1n[nH]nc1C(=O)c1ccccc1C(=O)O. The van der Waals surface area contributed by atoms with Crippen molar-refractivity contribution in [3.8, 4) is 0 Å². The molecular weight excluding hydrogens is 246 g/mol. The number of aryl methyl sites for hydroxylation is 1. The molecule has 98 valence electrons. The highest BCUT2D eigenvalue weighted by molar-refractivity contribution is 6.13. The van der Waals surface area contributed by atoms with Gasteiger partial charge in [0.1, 0.15) is 0 Å². The second-order valence-electron chi connectivity index (χ2n) is 4.05. The summed E-state index contributed by atoms with van der Waals surface area (Å²) in [5, 5.41) is 19.3. The molecule has 0 radical (unpaired) electrons. The molecule has 1 aromatic heterocycles. The maximum absolute atomic E-state index is 12.3. The molecule has 0 saturated carbocycles. The van der Waals surface area contributed by atoms with E-state index < -0.39 is 11.8 Å². The molecule has 19 heavy (non-hydrogen) atoms. The Hall–Kier alpha value is -2.50. The van der Waals surface area contributed by atoms with E-state index in [9.17, 15) is 9.59 Å². The number of carbonyl (C=O) groups excluding carboxylic acids is 1. The molecule has 6 heteroatoms. The Labute approximate surface area is 109 Å². The molecule has 2 N–H and O–H groups in total. The van der Waals surface area contributed by atoms with E-state index in [2.05, 4.69) is 15.4 Å². The number of aromatic nitrogens is 3. The van der Waals surface area contributed by atoms with Gasteiger partial charge in [-0.1, -0.05) is 31.5 Å². The van der Waals surface area contributed by atoms with E-state index in [0.717, 1.165) is 6.42 Å². The molecular formula is C13H13N3O3. The number of ketones is 1. The number of nitrogens with zero attached hydrogens (tertiary/aromatic N) is 2. The van der Waals surface area contributed by atoms with E-state index >= 15 is 0 Å². The summed E-state index contributed by atoms with van der Waals surface area (Å²) in [6, 6.07) is 6.08. The third kappa shape index (κ3) is 2.52. The fourth-order valence-electron chi connectivity index (χ4n) is 1.84. The van der Waals surface area contributed by atoms with Crippen LogP contribution < -0.4 is 0 Å². The van der Waals surface area contributed by atoms with Crippen molar-refractivity contribution < 1.29 is 14.7 Å². The van der Waals surface area contributed by atoms with Crippen molar-refractivity contribution in [3.63, 3.8) is 0 Å². The van der Waals surface area contributed by atoms with Crippen molar-refractivity contribution in [2.75, 3.05) is 0 Å². The molecule has 2 aromatic rings. The summed E-state index contributed by atoms with van der Waals surface area (Å²) in [5.41, 5.74) is 0.849. The molecule has 0 fully saturated rings. The quantitative estimate of drug-likeness (QED) is 0.796. The molecule has 0 aliphatic carbocycles. The summed E-state index contributed by atoms with van der Waals surface area (Å²) in [7, 11) is 0. The van der Waals surface area contributed by atoms with Gasteiger partial charge >= 0.3 is 5.97 Å². The molecule has 0 spiro atoms. The van der Waals surface area contributed by atoms with E-state index in [-0.39, 0.29) is 16.8 Å². The molecule has 2 rings (SSSR count). The van der Waals surface area contributed by atoms with Crippen molar-refractivity contribution in [2.24, 2.45) is 0 Å². The normalized spacial score (nSPS) is 10.4. The molecule has 1 heterocycles. The molecule has 0 amide bonds. The lowest BCUT2D eigenvalue weighted by Gasteiger charge is -2.03. The van der Waals surface area contributed by atoms with E-state index in [1.54, 1.807) is 12.1 Å². The van der Waals surface area contributed by atoms with Gasteiger partial charge in [0, 0.05) is 5.56 Å². The summed E-state index contributed by atoms with van der Waals surface area (Å²) < 4.78 is 0. The Morgan fingerprint density at radius 2 is 1.89 bits per heavy atom. The first-order valence-corrected chi connectivity index (χ1v) is 5.91. The number of H-pyrrole nitrogens is 1. The number of aromatic carboxylic acids is 1. The summed E-state index contributed by atoms with van der Waals surface area (Å²) in [5.74, 6) is -1.56. The number of benzene rings is 1. The maximum Gasteiger partial charge on any atom is 0.336 e. The van der Waals surface area contributed by atoms with Crippen molar-refractivity contribution in [2.45, 2.75) is 19.8 Å². The minimum absolute atomic E-state index is 0.0297. The zero-order chi connectivity index (χ0) is 13.8. The smallest absolute Gasteiger partial charge is 0.336 e. The number of hydrogen-bond acceptors (Lipinski definition) is 4. The van der Waals surface area contributed by atoms with Crippen LogP contribution >= 0.6 is 0 Å². The second kappa shape index (κ2) is 5.43. The Morgan fingerprint density at radius 1 is 1.21 bits per heavy atom. The number of carbonyl (C=O) groups is 2. The van der Waals surface area contributed by atoms with Gasteiger partial charge in [-0.05, 0) is 12.5 Å². The standard InChI is InChI=1S/C13H13N3O3/c1-2-5-10-11(15-16-14-10)12(17)8-6-3-4-7-9(8)13(18)19/h3-4,6-7H,2,5H2,1H3,(H,18,19)(H,14,15,16). The second-order valence-corrected chi connectivity index (χ2v) is 4.05. The zero-order valence-corrected chi connectivity index (χ0v) is 10.4. The number of aromatic amines is 1. The predicted molar refractivity (Wildman–Crippen MR) is 67.2 cm³/mol. The van der Waals surface area contributed by atoms with Crippen molar-refractivity contribution in [1.29, 1.82) is 0 Å². The van der Waals surface area contributed by atoms with E-state index in [1.165, 1.54) is 12.1 Å². The van der Waals surface area contributed by atoms with Crippen LogP contribution in [0.25, 0.3) is 0 Å². The fraction of sp³-hybridized carbons (Fsp3) is 0.231. The highest BCUT2D eigenvalue weighted by atomic mass is 16.4. The first kappa shape index (κ1) is 12.9. The first-order valence-electron chi connectivity index (χ1n) is 5.91. The number of carboxylic acids is 1. The maximum atomic E-state index is 12.3. The Balaban J connectivity index is 2.44. The average Bonchev–Trinajstić information content (AvgIpc) is 2.86. The van der Waals surface area contributed by atoms with Crippen LogP contribution in [0.1, 0.15) is 45.4 Å². The lowest BCUT2D eigenvalue weighted by atomic mass is 10.00. The van der Waals surface area contributed by atoms with Gasteiger partial charge in [-0.2, -0.15) is 15.4 Å². The van der Waals surface area contributed by atoms with Crippen LogP contribution in [0.15, 0.2) is 24.3 Å². The van der Waals surface area contributed by atoms with E-state index in [1.807, 2.05) is 6.92 Å². The minimum atomic E-state index is -1.13. The highest BCUT2D eigenvalue weighted by Gasteiger charge is 2.22. The number of rotatable bonds is 5. The number of carboxylic acid groups (broad SMARTS) is 1. The topological polar surface area (TPSA) is 95.9 Å². The highest BCUT2D eigenvalue weighted by Crippen LogP contribution is 2.15. The van der Waals surface area contributed by atoms with Crippen molar-refractivity contribution in [1.82, 2.24) is 15.4 Å². The molecule has 1 aromatic carbocycles. The molecule has 0 unspecified atom stereocenters. The van der Waals surface area contributed by atoms with Gasteiger partial charge in [0.2, 0.25) is 5.78 Å². The van der Waals surface area contributed by atoms with Crippen LogP contribution in [0.4, 0.5) is 0 Å². The fourth-order valence-corrected chi connectivity index (χ4v) is 1.84. The molecule has 0 atom stereocenters. The summed E-state index contributed by atoms with van der Waals surface area (Å²) in [4.78, 5) is 23.5. The lowest BCUT2D eigenvalue weighted by molar-refractivity contribution is 0.0692. The molecule has 0 aliphatic rings. The summed E-state index contributed by atoms with van der Waals surface area (Å²) in [6.45, 7) is 1.97. The monoisotopic (exact) mass is 259 g/mol. The van der Waals surface area contributed by atoms with Gasteiger partial charge in [0.05, 0.1) is 11.3 Å². The summed E-state index contributed by atoms with van der Waals surface area (Å²) >= 11 is 0. The van der Waals surface area contributed by atoms with Gasteiger partial charge in [0.25, 0.3) is 0 Å². The van der Waals surface area contributed by atoms with Gasteiger partial charge in [0.15, 0.2) is 5.69 Å². The van der Waals surface area contributed by atoms with E-state index in [0.29, 0.717) is 12.1 Å². The minimum Gasteiger partial charge on any atom is -0.478 e. The third-order valence-electron chi connectivity index (χ3n) is 2.72. The number of hydrogen-bond donors (Lipinski definition) is 2. The summed E-state index contributed by atoms with van der Waals surface area (Å²) in [6.07, 6.45) is 1.44. The van der Waals surface area contributed by atoms with Crippen molar-refractivity contribution >= 4 is 11.8 Å². The molecule has 6 nitrogen and oxygen atoms in total. The van der Waals surface area contributed by atoms with Crippen LogP contribution in [0.2, 0.25) is 0 Å². The number of nitrogens with one attached hydrogen (secondary N) is 1. The van der Waals surface area contributed by atoms with Crippen LogP contribution in [-0.2, 0) is 6.42 Å². The van der Waals surface area contributed by atoms with Gasteiger partial charge in [-0.3, -0.25) is 4.79 Å². The predicted octanol–water partition coefficient (Wildman–Crippen LogP) is 1.69. The van der Waals surface area contributed by atoms with Crippen LogP contribution in [0.5, 0.6) is 0 Å². The Morgan fingerprint density at radius 3 is 2.53 bits per heavy atom. The van der Waals surface area contributed by atoms with E-state index in [4.69, 9.17) is 5.11 Å². The van der Waals surface area contributed by atoms with Gasteiger partial charge in [-0.15, -0.1) is 0 Å². The average molecular weight is 259 g/mol. The van der Waals surface area contributed by atoms with Crippen LogP contribution in [0.3, 0.4) is 0 Å². The largest absolute Gasteiger partial charge is 0.478 e. The first-order chi connectivity index (χ1) is 9.15. The molecule has 0 aliphatic heterocycles. The molecule has 0 bridgehead atoms. The Bertz CT molecular complexity index is 619.